The van der Waals surface area contributed by atoms with Crippen LogP contribution in [0.1, 0.15) is 27.2 Å². The Balaban J connectivity index is 1.64. The summed E-state index contributed by atoms with van der Waals surface area (Å²) in [5.74, 6) is 0.873. The zero-order valence-electron chi connectivity index (χ0n) is 17.9. The van der Waals surface area contributed by atoms with Gasteiger partial charge in [0.25, 0.3) is 0 Å². The fourth-order valence-corrected chi connectivity index (χ4v) is 4.14. The highest BCUT2D eigenvalue weighted by molar-refractivity contribution is 7.98. The molecule has 160 valence electrons. The monoisotopic (exact) mass is 429 g/mol. The summed E-state index contributed by atoms with van der Waals surface area (Å²) in [5.41, 5.74) is 7.61. The molecule has 3 heterocycles. The number of hydrogen-bond acceptors (Lipinski definition) is 8. The third kappa shape index (κ3) is 3.86. The lowest BCUT2D eigenvalue weighted by atomic mass is 10.2. The maximum Gasteiger partial charge on any atom is 0.410 e. The van der Waals surface area contributed by atoms with E-state index in [9.17, 15) is 4.79 Å². The van der Waals surface area contributed by atoms with Crippen molar-refractivity contribution < 1.29 is 13.9 Å². The third-order valence-corrected chi connectivity index (χ3v) is 5.94. The Bertz CT molecular complexity index is 1110. The number of nitrogens with two attached hydrogens (primary N) is 1. The van der Waals surface area contributed by atoms with Crippen molar-refractivity contribution in [3.05, 3.63) is 18.2 Å². The van der Waals surface area contributed by atoms with Gasteiger partial charge in [0.1, 0.15) is 16.7 Å². The van der Waals surface area contributed by atoms with Gasteiger partial charge in [-0.25, -0.2) is 9.78 Å². The number of hydrogen-bond donors (Lipinski definition) is 1. The van der Waals surface area contributed by atoms with Crippen LogP contribution in [0.25, 0.3) is 22.1 Å². The molecule has 1 amide bonds. The number of nitrogens with zero attached hydrogens (tertiary/aromatic N) is 4. The molecule has 0 aliphatic carbocycles. The summed E-state index contributed by atoms with van der Waals surface area (Å²) in [5, 5.41) is 0.925. The van der Waals surface area contributed by atoms with Gasteiger partial charge in [0, 0.05) is 30.4 Å². The van der Waals surface area contributed by atoms with Crippen molar-refractivity contribution >= 4 is 51.7 Å². The van der Waals surface area contributed by atoms with E-state index in [1.807, 2.05) is 39.2 Å². The van der Waals surface area contributed by atoms with Gasteiger partial charge in [-0.05, 0) is 51.6 Å². The van der Waals surface area contributed by atoms with Gasteiger partial charge in [0.15, 0.2) is 11.4 Å². The minimum absolute atomic E-state index is 0.0126. The minimum Gasteiger partial charge on any atom is -0.450 e. The second-order valence-electron chi connectivity index (χ2n) is 8.53. The number of furan rings is 1. The first-order valence-electron chi connectivity index (χ1n) is 9.91. The van der Waals surface area contributed by atoms with Crippen LogP contribution in [-0.2, 0) is 4.74 Å². The van der Waals surface area contributed by atoms with Crippen molar-refractivity contribution in [2.24, 2.45) is 0 Å². The number of benzene rings is 1. The lowest BCUT2D eigenvalue weighted by Gasteiger charge is -2.28. The van der Waals surface area contributed by atoms with E-state index in [-0.39, 0.29) is 18.1 Å². The lowest BCUT2D eigenvalue weighted by molar-refractivity contribution is 0.0238. The number of fused-ring (bicyclic) bond motifs is 3. The normalized spacial score (nSPS) is 17.1. The molecule has 0 unspecified atom stereocenters. The van der Waals surface area contributed by atoms with Gasteiger partial charge >= 0.3 is 6.09 Å². The summed E-state index contributed by atoms with van der Waals surface area (Å²) in [6.45, 7) is 6.95. The topological polar surface area (TPSA) is 97.7 Å². The van der Waals surface area contributed by atoms with Crippen molar-refractivity contribution in [3.63, 3.8) is 0 Å². The van der Waals surface area contributed by atoms with Crippen LogP contribution >= 0.6 is 11.8 Å². The summed E-state index contributed by atoms with van der Waals surface area (Å²) in [4.78, 5) is 26.3. The second-order valence-corrected chi connectivity index (χ2v) is 9.41. The van der Waals surface area contributed by atoms with Gasteiger partial charge in [-0.3, -0.25) is 0 Å². The molecule has 1 saturated heterocycles. The SMILES string of the molecule is CSc1ccc2oc3c(N4CC[C@@H](N(C)C(=O)OC(C)(C)C)C4)nc(N)nc3c2c1. The molecular formula is C21H27N5O3S. The van der Waals surface area contributed by atoms with Gasteiger partial charge in [0.05, 0.1) is 6.04 Å². The Labute approximate surface area is 179 Å². The number of ether oxygens (including phenoxy) is 1. The van der Waals surface area contributed by atoms with Crippen LogP contribution in [0.4, 0.5) is 16.6 Å². The number of thioether (sulfide) groups is 1. The Morgan fingerprint density at radius 2 is 2.13 bits per heavy atom. The Hall–Kier alpha value is -2.68. The average molecular weight is 430 g/mol. The van der Waals surface area contributed by atoms with Gasteiger partial charge in [-0.2, -0.15) is 4.98 Å². The number of likely N-dealkylation sites (N-methyl/N-ethyl adjacent to an activating group) is 1. The first-order valence-corrected chi connectivity index (χ1v) is 11.1. The van der Waals surface area contributed by atoms with E-state index in [0.717, 1.165) is 28.8 Å². The van der Waals surface area contributed by atoms with E-state index in [0.29, 0.717) is 23.5 Å². The predicted octanol–water partition coefficient (Wildman–Crippen LogP) is 4.13. The quantitative estimate of drug-likeness (QED) is 0.621. The van der Waals surface area contributed by atoms with Gasteiger partial charge in [-0.15, -0.1) is 11.8 Å². The summed E-state index contributed by atoms with van der Waals surface area (Å²) in [6.07, 6.45) is 2.51. The molecule has 0 radical (unpaired) electrons. The maximum absolute atomic E-state index is 12.5. The molecule has 2 N–H and O–H groups in total. The van der Waals surface area contributed by atoms with E-state index in [2.05, 4.69) is 20.9 Å². The minimum atomic E-state index is -0.527. The number of amides is 1. The highest BCUT2D eigenvalue weighted by atomic mass is 32.2. The van der Waals surface area contributed by atoms with Crippen LogP contribution in [0.3, 0.4) is 0 Å². The van der Waals surface area contributed by atoms with E-state index in [1.54, 1.807) is 23.7 Å². The predicted molar refractivity (Wildman–Crippen MR) is 120 cm³/mol. The first kappa shape index (κ1) is 20.6. The highest BCUT2D eigenvalue weighted by Crippen LogP contribution is 2.36. The first-order chi connectivity index (χ1) is 14.2. The number of carbonyl (C=O) groups excluding carboxylic acids is 1. The Kier molecular flexibility index (Phi) is 5.17. The van der Waals surface area contributed by atoms with Crippen molar-refractivity contribution in [1.29, 1.82) is 0 Å². The van der Waals surface area contributed by atoms with Crippen LogP contribution in [-0.4, -0.2) is 59.0 Å². The van der Waals surface area contributed by atoms with Gasteiger partial charge < -0.3 is 24.7 Å². The zero-order valence-corrected chi connectivity index (χ0v) is 18.7. The summed E-state index contributed by atoms with van der Waals surface area (Å²) >= 11 is 1.66. The highest BCUT2D eigenvalue weighted by Gasteiger charge is 2.33. The van der Waals surface area contributed by atoms with Crippen LogP contribution in [0.15, 0.2) is 27.5 Å². The Morgan fingerprint density at radius 1 is 1.37 bits per heavy atom. The average Bonchev–Trinajstić information content (AvgIpc) is 3.30. The largest absolute Gasteiger partial charge is 0.450 e. The fraction of sp³-hybridized carbons (Fsp3) is 0.476. The molecule has 4 rings (SSSR count). The van der Waals surface area contributed by atoms with Crippen molar-refractivity contribution in [2.75, 3.05) is 37.0 Å². The molecule has 2 aromatic heterocycles. The number of nitrogen functional groups attached to an aromatic ring is 1. The summed E-state index contributed by atoms with van der Waals surface area (Å²) in [6, 6.07) is 6.04. The molecule has 1 atom stereocenters. The van der Waals surface area contributed by atoms with E-state index in [4.69, 9.17) is 14.9 Å². The van der Waals surface area contributed by atoms with Gasteiger partial charge in [-0.1, -0.05) is 0 Å². The number of carbonyl (C=O) groups is 1. The van der Waals surface area contributed by atoms with Crippen LogP contribution in [0.2, 0.25) is 0 Å². The molecule has 1 fully saturated rings. The Morgan fingerprint density at radius 3 is 2.83 bits per heavy atom. The van der Waals surface area contributed by atoms with Gasteiger partial charge in [0.2, 0.25) is 5.95 Å². The number of aromatic nitrogens is 2. The lowest BCUT2D eigenvalue weighted by Crippen LogP contribution is -2.42. The summed E-state index contributed by atoms with van der Waals surface area (Å²) in [7, 11) is 1.78. The molecule has 0 spiro atoms. The fourth-order valence-electron chi connectivity index (χ4n) is 3.70. The molecule has 9 heteroatoms. The molecule has 1 aromatic carbocycles. The zero-order chi connectivity index (χ0) is 21.6. The van der Waals surface area contributed by atoms with Crippen LogP contribution in [0, 0.1) is 0 Å². The van der Waals surface area contributed by atoms with Crippen LogP contribution in [0.5, 0.6) is 0 Å². The van der Waals surface area contributed by atoms with Crippen molar-refractivity contribution in [3.8, 4) is 0 Å². The molecule has 8 nitrogen and oxygen atoms in total. The number of anilines is 2. The summed E-state index contributed by atoms with van der Waals surface area (Å²) < 4.78 is 11.6. The third-order valence-electron chi connectivity index (χ3n) is 5.21. The number of rotatable bonds is 3. The standard InChI is InChI=1S/C21H27N5O3S/c1-21(2,3)29-20(27)25(4)12-8-9-26(11-12)18-17-16(23-19(22)24-18)14-10-13(30-5)6-7-15(14)28-17/h6-7,10,12H,8-9,11H2,1-5H3,(H2,22,23,24)/t12-/m1/s1. The molecule has 1 aliphatic heterocycles. The maximum atomic E-state index is 12.5. The van der Waals surface area contributed by atoms with E-state index in [1.165, 1.54) is 0 Å². The second kappa shape index (κ2) is 7.54. The van der Waals surface area contributed by atoms with Crippen LogP contribution < -0.4 is 10.6 Å². The molecule has 0 saturated carbocycles. The van der Waals surface area contributed by atoms with E-state index < -0.39 is 5.60 Å². The molecule has 0 bridgehead atoms. The molecule has 30 heavy (non-hydrogen) atoms. The molecule has 1 aliphatic rings. The van der Waals surface area contributed by atoms with E-state index >= 15 is 0 Å². The van der Waals surface area contributed by atoms with Crippen molar-refractivity contribution in [2.45, 2.75) is 43.7 Å². The smallest absolute Gasteiger partial charge is 0.410 e. The molecular weight excluding hydrogens is 402 g/mol. The molecule has 3 aromatic rings. The van der Waals surface area contributed by atoms with Crippen molar-refractivity contribution in [1.82, 2.24) is 14.9 Å².